The van der Waals surface area contributed by atoms with E-state index in [0.717, 1.165) is 30.6 Å². The van der Waals surface area contributed by atoms with Crippen LogP contribution in [-0.2, 0) is 10.9 Å². The Kier molecular flexibility index (Phi) is 36.3. The second kappa shape index (κ2) is 31.0. The lowest BCUT2D eigenvalue weighted by Gasteiger charge is -2.22. The summed E-state index contributed by atoms with van der Waals surface area (Å²) in [5, 5.41) is 2.25. The van der Waals surface area contributed by atoms with E-state index in [1.807, 2.05) is 44.2 Å². The molecule has 0 spiro atoms. The smallest absolute Gasteiger partial charge is 0.124 e. The molecular weight excluding hydrogens is 537 g/mol. The summed E-state index contributed by atoms with van der Waals surface area (Å²) in [4.78, 5) is 1.45. The van der Waals surface area contributed by atoms with E-state index in [4.69, 9.17) is 0 Å². The standard InChI is InChI=1S/C19H29S.C11H20.C8H16.C2H6.C2H2/c1-8-12-16-20(11-4)18(10-3)15-13-14-17(9-2)19(5,6)7;1-6-8-10(9-7-2)11(3,4)5;1-5-6-7-8(2,3)4;2*1-2/h8-9,12-13,15-16H,1-2,10-11H2,3-7H3;6,9H,1,7-8H2,2-5H3;5-6H,7H2,1-4H3;1-2H3;1-2H/q+1;;;;/b16-12+,18-15+;10-9+;6-5-;;. The van der Waals surface area contributed by atoms with E-state index in [9.17, 15) is 0 Å². The number of hydrogen-bond donors (Lipinski definition) is 0. The van der Waals surface area contributed by atoms with Crippen molar-refractivity contribution in [2.24, 2.45) is 16.2 Å². The zero-order valence-corrected chi connectivity index (χ0v) is 32.3. The van der Waals surface area contributed by atoms with Crippen LogP contribution in [-0.4, -0.2) is 5.75 Å². The Morgan fingerprint density at radius 2 is 1.40 bits per heavy atom. The van der Waals surface area contributed by atoms with Gasteiger partial charge in [0, 0.05) is 17.3 Å². The Labute approximate surface area is 276 Å². The average molecular weight is 610 g/mol. The van der Waals surface area contributed by atoms with Crippen LogP contribution in [0, 0.1) is 29.1 Å². The highest BCUT2D eigenvalue weighted by Gasteiger charge is 2.17. The van der Waals surface area contributed by atoms with E-state index < -0.39 is 0 Å². The normalized spacial score (nSPS) is 12.4. The van der Waals surface area contributed by atoms with Crippen LogP contribution in [0.25, 0.3) is 0 Å². The SMILES string of the molecule is C#C.C/C=C\CC(C)(C)C.C=C/C=C/[S+](CC)/C(=C/C=C=C(C=C)C(C)(C)C)CC.C=CC/C(=C\CC)C(C)(C)C.CC. The van der Waals surface area contributed by atoms with Gasteiger partial charge in [-0.2, -0.15) is 0 Å². The number of terminal acetylenes is 1. The molecule has 0 aromatic carbocycles. The molecule has 0 aromatic rings. The van der Waals surface area contributed by atoms with Crippen molar-refractivity contribution in [3.8, 4) is 12.8 Å². The topological polar surface area (TPSA) is 0 Å². The van der Waals surface area contributed by atoms with Crippen LogP contribution in [0.3, 0.4) is 0 Å². The lowest BCUT2D eigenvalue weighted by molar-refractivity contribution is 0.420. The van der Waals surface area contributed by atoms with Crippen molar-refractivity contribution in [2.45, 2.75) is 130 Å². The Hall–Kier alpha value is -2.39. The third-order valence-corrected chi connectivity index (χ3v) is 7.85. The van der Waals surface area contributed by atoms with Crippen LogP contribution in [0.1, 0.15) is 130 Å². The molecule has 0 rings (SSSR count). The molecule has 0 fully saturated rings. The van der Waals surface area contributed by atoms with Gasteiger partial charge in [0.25, 0.3) is 0 Å². The van der Waals surface area contributed by atoms with Gasteiger partial charge in [0.1, 0.15) is 16.1 Å². The van der Waals surface area contributed by atoms with Gasteiger partial charge in [0.05, 0.1) is 0 Å². The van der Waals surface area contributed by atoms with E-state index >= 15 is 0 Å². The van der Waals surface area contributed by atoms with E-state index in [1.54, 1.807) is 0 Å². The minimum Gasteiger partial charge on any atom is -0.124 e. The molecule has 246 valence electrons. The van der Waals surface area contributed by atoms with Crippen molar-refractivity contribution in [3.05, 3.63) is 102 Å². The summed E-state index contributed by atoms with van der Waals surface area (Å²) >= 11 is 0. The number of hydrogen-bond acceptors (Lipinski definition) is 0. The van der Waals surface area contributed by atoms with Crippen LogP contribution in [0.5, 0.6) is 0 Å². The summed E-state index contributed by atoms with van der Waals surface area (Å²) in [7, 11) is 0.196. The van der Waals surface area contributed by atoms with Crippen molar-refractivity contribution in [2.75, 3.05) is 5.75 Å². The molecule has 0 N–H and O–H groups in total. The van der Waals surface area contributed by atoms with Crippen LogP contribution >= 0.6 is 0 Å². The van der Waals surface area contributed by atoms with Gasteiger partial charge in [-0.25, -0.2) is 0 Å². The molecule has 0 aliphatic rings. The fraction of sp³-hybridized carbons (Fsp3) is 0.548. The highest BCUT2D eigenvalue weighted by atomic mass is 32.2. The number of rotatable bonds is 11. The molecule has 1 atom stereocenters. The van der Waals surface area contributed by atoms with E-state index in [0.29, 0.717) is 10.8 Å². The second-order valence-corrected chi connectivity index (χ2v) is 14.9. The lowest BCUT2D eigenvalue weighted by Crippen LogP contribution is -2.08. The molecule has 0 aliphatic carbocycles. The van der Waals surface area contributed by atoms with Gasteiger partial charge in [-0.3, -0.25) is 0 Å². The third-order valence-electron chi connectivity index (χ3n) is 5.64. The Morgan fingerprint density at radius 3 is 1.67 bits per heavy atom. The van der Waals surface area contributed by atoms with Crippen molar-refractivity contribution < 1.29 is 0 Å². The van der Waals surface area contributed by atoms with Gasteiger partial charge in [0.15, 0.2) is 0 Å². The largest absolute Gasteiger partial charge is 0.137 e. The maximum Gasteiger partial charge on any atom is 0.137 e. The summed E-state index contributed by atoms with van der Waals surface area (Å²) in [5.41, 5.74) is 6.87. The second-order valence-electron chi connectivity index (χ2n) is 12.7. The van der Waals surface area contributed by atoms with Gasteiger partial charge in [-0.05, 0) is 73.2 Å². The molecule has 0 amide bonds. The van der Waals surface area contributed by atoms with E-state index in [-0.39, 0.29) is 16.3 Å². The van der Waals surface area contributed by atoms with Crippen LogP contribution in [0.15, 0.2) is 102 Å². The Bertz CT molecular complexity index is 899. The maximum absolute atomic E-state index is 4.00. The van der Waals surface area contributed by atoms with Crippen molar-refractivity contribution in [3.63, 3.8) is 0 Å². The first-order valence-electron chi connectivity index (χ1n) is 16.0. The molecule has 0 saturated carbocycles. The Morgan fingerprint density at radius 1 is 0.860 bits per heavy atom. The minimum absolute atomic E-state index is 0.0909. The molecule has 0 aliphatic heterocycles. The molecule has 1 unspecified atom stereocenters. The molecule has 0 bridgehead atoms. The fourth-order valence-electron chi connectivity index (χ4n) is 3.29. The summed E-state index contributed by atoms with van der Waals surface area (Å²) in [6.45, 7) is 44.1. The summed E-state index contributed by atoms with van der Waals surface area (Å²) in [6.07, 6.45) is 31.0. The first-order chi connectivity index (χ1) is 20.0. The molecule has 0 radical (unpaired) electrons. The zero-order valence-electron chi connectivity index (χ0n) is 31.5. The first-order valence-corrected chi connectivity index (χ1v) is 17.5. The van der Waals surface area contributed by atoms with Gasteiger partial charge < -0.3 is 0 Å². The van der Waals surface area contributed by atoms with Gasteiger partial charge in [0.2, 0.25) is 0 Å². The average Bonchev–Trinajstić information content (AvgIpc) is 2.94. The van der Waals surface area contributed by atoms with Gasteiger partial charge >= 0.3 is 0 Å². The first kappa shape index (κ1) is 50.2. The summed E-state index contributed by atoms with van der Waals surface area (Å²) < 4.78 is 0. The predicted molar refractivity (Wildman–Crippen MR) is 210 cm³/mol. The summed E-state index contributed by atoms with van der Waals surface area (Å²) in [5.74, 6) is 1.13. The molecular formula is C42H73S+. The van der Waals surface area contributed by atoms with Crippen LogP contribution in [0.4, 0.5) is 0 Å². The van der Waals surface area contributed by atoms with Crippen LogP contribution in [0.2, 0.25) is 0 Å². The molecule has 43 heavy (non-hydrogen) atoms. The van der Waals surface area contributed by atoms with Gasteiger partial charge in [-0.1, -0.05) is 145 Å². The predicted octanol–water partition coefficient (Wildman–Crippen LogP) is 14.2. The highest BCUT2D eigenvalue weighted by Crippen LogP contribution is 2.28. The Balaban J connectivity index is -0.000000176. The molecule has 0 heterocycles. The fourth-order valence-corrected chi connectivity index (χ4v) is 4.94. The highest BCUT2D eigenvalue weighted by molar-refractivity contribution is 8.03. The minimum atomic E-state index is 0.0909. The van der Waals surface area contributed by atoms with Crippen molar-refractivity contribution in [1.82, 2.24) is 0 Å². The molecule has 1 heteroatoms. The zero-order chi connectivity index (χ0) is 35.1. The maximum atomic E-state index is 4.00. The monoisotopic (exact) mass is 610 g/mol. The number of allylic oxidation sites excluding steroid dienone is 11. The van der Waals surface area contributed by atoms with Crippen molar-refractivity contribution in [1.29, 1.82) is 0 Å². The molecule has 0 saturated heterocycles. The van der Waals surface area contributed by atoms with Gasteiger partial charge in [-0.15, -0.1) is 25.2 Å². The lowest BCUT2D eigenvalue weighted by atomic mass is 9.84. The van der Waals surface area contributed by atoms with E-state index in [2.05, 4.69) is 158 Å². The van der Waals surface area contributed by atoms with Crippen molar-refractivity contribution >= 4 is 10.9 Å². The van der Waals surface area contributed by atoms with Crippen LogP contribution < -0.4 is 0 Å². The quantitative estimate of drug-likeness (QED) is 0.0718. The third kappa shape index (κ3) is 34.0. The molecule has 0 aromatic heterocycles. The molecule has 0 nitrogen and oxygen atoms in total. The summed E-state index contributed by atoms with van der Waals surface area (Å²) in [6, 6.07) is 0. The van der Waals surface area contributed by atoms with E-state index in [1.165, 1.54) is 16.9 Å².